The van der Waals surface area contributed by atoms with E-state index in [1.165, 1.54) is 76.0 Å². The molecule has 6 heteroatoms. The number of rotatable bonds is 2. The molecule has 2 aliphatic rings. The van der Waals surface area contributed by atoms with Crippen LogP contribution in [0.3, 0.4) is 0 Å². The summed E-state index contributed by atoms with van der Waals surface area (Å²) < 4.78 is 3.56. The molecule has 1 fully saturated rings. The Bertz CT molecular complexity index is 1260. The van der Waals surface area contributed by atoms with Gasteiger partial charge in [0.05, 0.1) is 21.6 Å². The molecular formula is C23H23N3O2S. The smallest absolute Gasteiger partial charge is 0.345 e. The molecule has 0 bridgehead atoms. The summed E-state index contributed by atoms with van der Waals surface area (Å²) in [6.07, 6.45) is 8.22. The fourth-order valence-corrected chi connectivity index (χ4v) is 6.48. The van der Waals surface area contributed by atoms with Crippen LogP contribution < -0.4 is 5.32 Å². The van der Waals surface area contributed by atoms with Gasteiger partial charge in [0.25, 0.3) is 0 Å². The first kappa shape index (κ1) is 17.2. The first-order chi connectivity index (χ1) is 14.2. The maximum atomic E-state index is 11.7. The van der Waals surface area contributed by atoms with E-state index in [-0.39, 0.29) is 0 Å². The zero-order chi connectivity index (χ0) is 19.5. The van der Waals surface area contributed by atoms with Crippen molar-refractivity contribution in [2.75, 3.05) is 11.9 Å². The predicted octanol–water partition coefficient (Wildman–Crippen LogP) is 6.02. The minimum atomic E-state index is -0.823. The van der Waals surface area contributed by atoms with E-state index in [0.717, 1.165) is 24.1 Å². The molecule has 29 heavy (non-hydrogen) atoms. The molecule has 1 aromatic carbocycles. The lowest BCUT2D eigenvalue weighted by molar-refractivity contribution is 0.0702. The van der Waals surface area contributed by atoms with Crippen LogP contribution in [-0.4, -0.2) is 27.2 Å². The van der Waals surface area contributed by atoms with Crippen LogP contribution in [0.4, 0.5) is 5.69 Å². The van der Waals surface area contributed by atoms with Gasteiger partial charge in [0.15, 0.2) is 0 Å². The number of fused-ring (bicyclic) bond motifs is 7. The number of aromatic carboxylic acids is 1. The molecule has 1 aliphatic carbocycles. The Hall–Kier alpha value is -2.73. The van der Waals surface area contributed by atoms with Crippen LogP contribution >= 0.6 is 11.3 Å². The van der Waals surface area contributed by atoms with Gasteiger partial charge in [-0.2, -0.15) is 0 Å². The molecule has 3 aromatic heterocycles. The summed E-state index contributed by atoms with van der Waals surface area (Å²) in [6.45, 7) is 1.67. The fourth-order valence-electron chi connectivity index (χ4n) is 5.36. The number of thiophene rings is 1. The maximum absolute atomic E-state index is 11.7. The molecule has 6 rings (SSSR count). The Kier molecular flexibility index (Phi) is 3.78. The molecule has 0 unspecified atom stereocenters. The van der Waals surface area contributed by atoms with Crippen LogP contribution in [0.5, 0.6) is 0 Å². The van der Waals surface area contributed by atoms with Gasteiger partial charge in [-0.1, -0.05) is 19.3 Å². The maximum Gasteiger partial charge on any atom is 0.345 e. The van der Waals surface area contributed by atoms with Gasteiger partial charge in [0.2, 0.25) is 0 Å². The van der Waals surface area contributed by atoms with E-state index in [9.17, 15) is 9.90 Å². The summed E-state index contributed by atoms with van der Waals surface area (Å²) in [6, 6.07) is 8.43. The number of hydrogen-bond donors (Lipinski definition) is 3. The van der Waals surface area contributed by atoms with E-state index in [4.69, 9.17) is 0 Å². The number of nitrogens with one attached hydrogen (secondary N) is 2. The minimum Gasteiger partial charge on any atom is -0.477 e. The SMILES string of the molecule is O=C(O)c1cc2c(s1)c(C1CCCCC1)c1n2CCNc2c-1ccc1[nH]ccc21. The van der Waals surface area contributed by atoms with Gasteiger partial charge in [-0.3, -0.25) is 0 Å². The van der Waals surface area contributed by atoms with Crippen molar-refractivity contribution in [1.29, 1.82) is 0 Å². The Balaban J connectivity index is 1.69. The molecule has 0 saturated heterocycles. The topological polar surface area (TPSA) is 70.0 Å². The van der Waals surface area contributed by atoms with E-state index in [2.05, 4.69) is 33.1 Å². The zero-order valence-corrected chi connectivity index (χ0v) is 16.9. The van der Waals surface area contributed by atoms with Crippen LogP contribution in [0.1, 0.15) is 53.3 Å². The van der Waals surface area contributed by atoms with Crippen molar-refractivity contribution in [3.8, 4) is 11.3 Å². The van der Waals surface area contributed by atoms with Crippen molar-refractivity contribution in [3.05, 3.63) is 40.9 Å². The Morgan fingerprint density at radius 3 is 2.86 bits per heavy atom. The molecule has 148 valence electrons. The van der Waals surface area contributed by atoms with Gasteiger partial charge < -0.3 is 20.0 Å². The summed E-state index contributed by atoms with van der Waals surface area (Å²) in [5, 5.41) is 14.5. The molecular weight excluding hydrogens is 382 g/mol. The molecule has 1 saturated carbocycles. The molecule has 5 nitrogen and oxygen atoms in total. The Morgan fingerprint density at radius 2 is 2.03 bits per heavy atom. The molecule has 0 radical (unpaired) electrons. The third-order valence-electron chi connectivity index (χ3n) is 6.62. The number of carboxylic acid groups (broad SMARTS) is 1. The normalized spacial score (nSPS) is 17.1. The van der Waals surface area contributed by atoms with E-state index in [0.29, 0.717) is 10.8 Å². The van der Waals surface area contributed by atoms with E-state index in [1.54, 1.807) is 0 Å². The number of benzene rings is 1. The molecule has 4 heterocycles. The number of carbonyl (C=O) groups is 1. The molecule has 0 spiro atoms. The zero-order valence-electron chi connectivity index (χ0n) is 16.1. The summed E-state index contributed by atoms with van der Waals surface area (Å²) in [7, 11) is 0. The Morgan fingerprint density at radius 1 is 1.17 bits per heavy atom. The molecule has 3 N–H and O–H groups in total. The van der Waals surface area contributed by atoms with Crippen molar-refractivity contribution >= 4 is 44.1 Å². The number of aromatic nitrogens is 2. The standard InChI is InChI=1S/C23H23N3O2S/c27-23(28)18-12-17-22(29-18)19(13-4-2-1-3-5-13)21-15-6-7-16-14(8-9-24-16)20(15)25-10-11-26(17)21/h6-9,12-13,24-25H,1-5,10-11H2,(H,27,28). The first-order valence-electron chi connectivity index (χ1n) is 10.5. The average Bonchev–Trinajstić information content (AvgIpc) is 3.41. The van der Waals surface area contributed by atoms with E-state index >= 15 is 0 Å². The van der Waals surface area contributed by atoms with Gasteiger partial charge in [-0.05, 0) is 48.6 Å². The predicted molar refractivity (Wildman–Crippen MR) is 118 cm³/mol. The highest BCUT2D eigenvalue weighted by Crippen LogP contribution is 2.49. The summed E-state index contributed by atoms with van der Waals surface area (Å²) >= 11 is 1.46. The molecule has 0 atom stereocenters. The molecule has 1 aliphatic heterocycles. The molecule has 0 amide bonds. The largest absolute Gasteiger partial charge is 0.477 e. The number of H-pyrrole nitrogens is 1. The van der Waals surface area contributed by atoms with Gasteiger partial charge in [0.1, 0.15) is 4.88 Å². The molecule has 4 aromatic rings. The number of anilines is 1. The highest BCUT2D eigenvalue weighted by Gasteiger charge is 2.31. The van der Waals surface area contributed by atoms with Crippen LogP contribution in [-0.2, 0) is 6.54 Å². The second-order valence-corrected chi connectivity index (χ2v) is 9.29. The van der Waals surface area contributed by atoms with Gasteiger partial charge in [0, 0.05) is 35.8 Å². The fraction of sp³-hybridized carbons (Fsp3) is 0.348. The quantitative estimate of drug-likeness (QED) is 0.382. The van der Waals surface area contributed by atoms with Gasteiger partial charge in [-0.25, -0.2) is 4.79 Å². The van der Waals surface area contributed by atoms with Crippen molar-refractivity contribution in [2.24, 2.45) is 0 Å². The lowest BCUT2D eigenvalue weighted by atomic mass is 9.83. The number of hydrogen-bond acceptors (Lipinski definition) is 3. The van der Waals surface area contributed by atoms with Crippen molar-refractivity contribution in [1.82, 2.24) is 9.55 Å². The second kappa shape index (κ2) is 6.39. The van der Waals surface area contributed by atoms with Crippen LogP contribution in [0.25, 0.3) is 32.4 Å². The lowest BCUT2D eigenvalue weighted by Gasteiger charge is -2.23. The highest BCUT2D eigenvalue weighted by molar-refractivity contribution is 7.21. The number of nitrogens with zero attached hydrogens (tertiary/aromatic N) is 1. The van der Waals surface area contributed by atoms with E-state index < -0.39 is 5.97 Å². The van der Waals surface area contributed by atoms with Crippen LogP contribution in [0.15, 0.2) is 30.5 Å². The summed E-state index contributed by atoms with van der Waals surface area (Å²) in [5.41, 5.74) is 7.37. The second-order valence-electron chi connectivity index (χ2n) is 8.23. The third kappa shape index (κ3) is 2.48. The lowest BCUT2D eigenvalue weighted by Crippen LogP contribution is -2.08. The van der Waals surface area contributed by atoms with Crippen molar-refractivity contribution in [3.63, 3.8) is 0 Å². The Labute approximate surface area is 172 Å². The minimum absolute atomic E-state index is 0.445. The van der Waals surface area contributed by atoms with E-state index in [1.807, 2.05) is 12.3 Å². The highest BCUT2D eigenvalue weighted by atomic mass is 32.1. The number of aromatic amines is 1. The average molecular weight is 406 g/mol. The van der Waals surface area contributed by atoms with Crippen LogP contribution in [0.2, 0.25) is 0 Å². The van der Waals surface area contributed by atoms with Gasteiger partial charge >= 0.3 is 5.97 Å². The third-order valence-corrected chi connectivity index (χ3v) is 7.77. The summed E-state index contributed by atoms with van der Waals surface area (Å²) in [4.78, 5) is 15.5. The number of carboxylic acids is 1. The summed E-state index contributed by atoms with van der Waals surface area (Å²) in [5.74, 6) is -0.313. The first-order valence-corrected chi connectivity index (χ1v) is 11.3. The van der Waals surface area contributed by atoms with Crippen molar-refractivity contribution < 1.29 is 9.90 Å². The van der Waals surface area contributed by atoms with Crippen molar-refractivity contribution in [2.45, 2.75) is 44.6 Å². The van der Waals surface area contributed by atoms with Crippen LogP contribution in [0, 0.1) is 0 Å². The van der Waals surface area contributed by atoms with Gasteiger partial charge in [-0.15, -0.1) is 11.3 Å². The monoisotopic (exact) mass is 405 g/mol.